The number of fused-ring (bicyclic) bond motifs is 1. The Hall–Kier alpha value is -8.61. The minimum atomic E-state index is -1.33. The number of carboxylic acids is 2. The number of carboxylic acid groups (broad SMARTS) is 2. The van der Waals surface area contributed by atoms with Gasteiger partial charge in [-0.25, -0.2) is 9.78 Å². The second kappa shape index (κ2) is 27.0. The molecule has 6 rings (SSSR count). The molecule has 0 aliphatic carbocycles. The lowest BCUT2D eigenvalue weighted by molar-refractivity contribution is -0.143. The van der Waals surface area contributed by atoms with E-state index in [9.17, 15) is 38.7 Å². The number of benzene rings is 4. The predicted octanol–water partition coefficient (Wildman–Crippen LogP) is 3.16. The van der Waals surface area contributed by atoms with E-state index in [1.54, 1.807) is 74.6 Å². The molecular formula is C53H61N9O10. The fourth-order valence-electron chi connectivity index (χ4n) is 7.83. The number of imidazole rings is 1. The van der Waals surface area contributed by atoms with Crippen LogP contribution in [0.5, 0.6) is 0 Å². The summed E-state index contributed by atoms with van der Waals surface area (Å²) in [5.41, 5.74) is 4.10. The van der Waals surface area contributed by atoms with Crippen molar-refractivity contribution in [3.05, 3.63) is 162 Å². The van der Waals surface area contributed by atoms with Gasteiger partial charge in [-0.05, 0) is 34.2 Å². The van der Waals surface area contributed by atoms with Crippen LogP contribution in [0.15, 0.2) is 134 Å². The molecule has 6 aromatic rings. The van der Waals surface area contributed by atoms with Crippen LogP contribution < -0.4 is 31.9 Å². The molecule has 0 aliphatic heterocycles. The number of hydrogen-bond acceptors (Lipinski definition) is 9. The van der Waals surface area contributed by atoms with Gasteiger partial charge >= 0.3 is 5.97 Å². The highest BCUT2D eigenvalue weighted by Gasteiger charge is 2.35. The number of carbonyl (C=O) groups excluding carboxylic acids is 6. The van der Waals surface area contributed by atoms with Gasteiger partial charge in [0.15, 0.2) is 0 Å². The Morgan fingerprint density at radius 2 is 0.889 bits per heavy atom. The number of carbonyl (C=O) groups is 8. The number of hydrogen-bond donors (Lipinski definition) is 10. The Kier molecular flexibility index (Phi) is 20.3. The first kappa shape index (κ1) is 54.3. The van der Waals surface area contributed by atoms with Gasteiger partial charge in [0, 0.05) is 74.9 Å². The van der Waals surface area contributed by atoms with Crippen LogP contribution in [0, 0.1) is 5.92 Å². The Labute approximate surface area is 416 Å². The highest BCUT2D eigenvalue weighted by Crippen LogP contribution is 2.20. The Balaban J connectivity index is 0.00000232. The van der Waals surface area contributed by atoms with Gasteiger partial charge in [0.1, 0.15) is 36.3 Å². The normalized spacial score (nSPS) is 13.3. The average Bonchev–Trinajstić information content (AvgIpc) is 4.02. The minimum Gasteiger partial charge on any atom is -0.481 e. The van der Waals surface area contributed by atoms with Gasteiger partial charge in [0.2, 0.25) is 35.4 Å². The smallest absolute Gasteiger partial charge is 0.326 e. The van der Waals surface area contributed by atoms with Crippen LogP contribution in [0.4, 0.5) is 0 Å². The molecule has 0 radical (unpaired) electrons. The monoisotopic (exact) mass is 983 g/mol. The summed E-state index contributed by atoms with van der Waals surface area (Å²) in [6, 6.07) is 27.0. The Morgan fingerprint density at radius 1 is 0.500 bits per heavy atom. The lowest BCUT2D eigenvalue weighted by Crippen LogP contribution is -2.61. The van der Waals surface area contributed by atoms with Crippen LogP contribution in [0.1, 0.15) is 55.6 Å². The van der Waals surface area contributed by atoms with Crippen molar-refractivity contribution in [3.63, 3.8) is 0 Å². The molecule has 72 heavy (non-hydrogen) atoms. The van der Waals surface area contributed by atoms with Crippen LogP contribution in [-0.2, 0) is 70.5 Å². The predicted molar refractivity (Wildman–Crippen MR) is 268 cm³/mol. The highest BCUT2D eigenvalue weighted by atomic mass is 16.4. The van der Waals surface area contributed by atoms with Gasteiger partial charge in [-0.1, -0.05) is 123 Å². The molecule has 0 bridgehead atoms. The molecule has 2 aromatic heterocycles. The topological polar surface area (TPSA) is 294 Å². The quantitative estimate of drug-likeness (QED) is 0.0445. The maximum Gasteiger partial charge on any atom is 0.326 e. The van der Waals surface area contributed by atoms with Gasteiger partial charge in [-0.3, -0.25) is 33.6 Å². The molecule has 0 unspecified atom stereocenters. The van der Waals surface area contributed by atoms with Gasteiger partial charge < -0.3 is 52.1 Å². The summed E-state index contributed by atoms with van der Waals surface area (Å²) < 4.78 is 0. The lowest BCUT2D eigenvalue weighted by Gasteiger charge is -2.28. The molecule has 0 fully saturated rings. The van der Waals surface area contributed by atoms with Crippen molar-refractivity contribution in [2.45, 2.75) is 96.1 Å². The van der Waals surface area contributed by atoms with Crippen molar-refractivity contribution in [1.82, 2.24) is 46.9 Å². The van der Waals surface area contributed by atoms with E-state index >= 15 is 0 Å². The van der Waals surface area contributed by atoms with Gasteiger partial charge in [0.25, 0.3) is 5.97 Å². The zero-order valence-electron chi connectivity index (χ0n) is 40.4. The first-order valence-electron chi connectivity index (χ1n) is 23.3. The number of nitrogens with one attached hydrogen (secondary N) is 8. The molecule has 0 saturated heterocycles. The van der Waals surface area contributed by atoms with E-state index in [4.69, 9.17) is 9.90 Å². The molecule has 378 valence electrons. The van der Waals surface area contributed by atoms with Gasteiger partial charge in [-0.2, -0.15) is 0 Å². The summed E-state index contributed by atoms with van der Waals surface area (Å²) in [7, 11) is 0. The van der Waals surface area contributed by atoms with Crippen molar-refractivity contribution in [2.24, 2.45) is 5.92 Å². The van der Waals surface area contributed by atoms with Crippen LogP contribution in [0.2, 0.25) is 0 Å². The number of amides is 6. The van der Waals surface area contributed by atoms with E-state index in [2.05, 4.69) is 46.9 Å². The summed E-state index contributed by atoms with van der Waals surface area (Å²) in [6.45, 7) is 5.67. The average molecular weight is 984 g/mol. The number of aromatic nitrogens is 3. The van der Waals surface area contributed by atoms with E-state index < -0.39 is 89.6 Å². The molecule has 4 aromatic carbocycles. The van der Waals surface area contributed by atoms with E-state index in [-0.39, 0.29) is 32.1 Å². The SMILES string of the molecule is CC(=O)N[C@@H](Cc1ccccc1)C(=O)N[C@@H](Cc1ccccc1)C(=O)N[C@@H](Cc1c[nH]c2ccccc12)C(=O)N[C@@H](Cc1ccccc1)C(=O)N[C@@H](Cc1cnc[nH]1)C(=O)N[C@H](C(=O)O)C(C)C.CC(=O)O. The van der Waals surface area contributed by atoms with Crippen LogP contribution in [-0.4, -0.2) is 109 Å². The lowest BCUT2D eigenvalue weighted by atomic mass is 9.99. The maximum atomic E-state index is 14.8. The van der Waals surface area contributed by atoms with Crippen molar-refractivity contribution in [2.75, 3.05) is 0 Å². The number of rotatable bonds is 23. The fourth-order valence-corrected chi connectivity index (χ4v) is 7.83. The van der Waals surface area contributed by atoms with Crippen molar-refractivity contribution < 1.29 is 48.6 Å². The number of aromatic amines is 2. The molecule has 6 atom stereocenters. The van der Waals surface area contributed by atoms with E-state index in [1.807, 2.05) is 60.7 Å². The van der Waals surface area contributed by atoms with Crippen LogP contribution in [0.3, 0.4) is 0 Å². The second-order valence-corrected chi connectivity index (χ2v) is 17.5. The van der Waals surface area contributed by atoms with E-state index in [1.165, 1.54) is 19.4 Å². The maximum absolute atomic E-state index is 14.8. The molecule has 19 heteroatoms. The van der Waals surface area contributed by atoms with Crippen LogP contribution in [0.25, 0.3) is 10.9 Å². The molecule has 10 N–H and O–H groups in total. The molecular weight excluding hydrogens is 923 g/mol. The third-order valence-corrected chi connectivity index (χ3v) is 11.4. The van der Waals surface area contributed by atoms with Crippen molar-refractivity contribution >= 4 is 58.3 Å². The van der Waals surface area contributed by atoms with Gasteiger partial charge in [0.05, 0.1) is 6.33 Å². The fraction of sp³-hybridized carbons (Fsp3) is 0.302. The van der Waals surface area contributed by atoms with Gasteiger partial charge in [-0.15, -0.1) is 0 Å². The zero-order valence-corrected chi connectivity index (χ0v) is 40.4. The summed E-state index contributed by atoms with van der Waals surface area (Å²) in [5.74, 6) is -6.60. The third-order valence-electron chi connectivity index (χ3n) is 11.4. The molecule has 0 saturated carbocycles. The summed E-state index contributed by atoms with van der Waals surface area (Å²) in [6.07, 6.45) is 4.61. The van der Waals surface area contributed by atoms with Crippen LogP contribution >= 0.6 is 0 Å². The van der Waals surface area contributed by atoms with E-state index in [0.717, 1.165) is 23.4 Å². The molecule has 6 amide bonds. The highest BCUT2D eigenvalue weighted by molar-refractivity contribution is 5.97. The second-order valence-electron chi connectivity index (χ2n) is 17.5. The first-order valence-corrected chi connectivity index (χ1v) is 23.3. The number of nitrogens with zero attached hydrogens (tertiary/aromatic N) is 1. The Bertz CT molecular complexity index is 2750. The molecule has 2 heterocycles. The number of para-hydroxylation sites is 1. The molecule has 0 spiro atoms. The summed E-state index contributed by atoms with van der Waals surface area (Å²) >= 11 is 0. The minimum absolute atomic E-state index is 0.0241. The third kappa shape index (κ3) is 17.1. The Morgan fingerprint density at radius 3 is 1.29 bits per heavy atom. The number of aliphatic carboxylic acids is 2. The standard InChI is InChI=1S/C51H57N9O8.C2H4O2/c1-31(2)45(51(67)68)60-50(66)44(27-37-29-52-30-54-37)59-48(64)42(25-35-19-11-6-12-20-35)57-49(65)43(26-36-28-53-39-22-14-13-21-38(36)39)58-47(63)41(24-34-17-9-5-10-18-34)56-46(62)40(55-32(3)61)23-33-15-7-4-8-16-33;1-2(3)4/h4-22,28-31,40-45,53H,23-27H2,1-3H3,(H,52,54)(H,55,61)(H,56,62)(H,57,65)(H,58,63)(H,59,64)(H,60,66)(H,67,68);1H3,(H,3,4)/t40-,41-,42-,43-,44-,45-;/m0./s1. The van der Waals surface area contributed by atoms with Crippen molar-refractivity contribution in [3.8, 4) is 0 Å². The largest absolute Gasteiger partial charge is 0.481 e. The first-order chi connectivity index (χ1) is 34.5. The number of H-pyrrole nitrogens is 2. The molecule has 0 aliphatic rings. The van der Waals surface area contributed by atoms with E-state index in [0.29, 0.717) is 22.4 Å². The summed E-state index contributed by atoms with van der Waals surface area (Å²) in [5, 5.41) is 34.6. The summed E-state index contributed by atoms with van der Waals surface area (Å²) in [4.78, 5) is 115. The zero-order chi connectivity index (χ0) is 52.2. The van der Waals surface area contributed by atoms with Crippen molar-refractivity contribution in [1.29, 1.82) is 0 Å². The molecule has 19 nitrogen and oxygen atoms in total.